The van der Waals surface area contributed by atoms with Crippen LogP contribution in [0.15, 0.2) is 36.5 Å². The zero-order valence-electron chi connectivity index (χ0n) is 38.2. The molecule has 12 nitrogen and oxygen atoms in total. The van der Waals surface area contributed by atoms with E-state index >= 15 is 0 Å². The van der Waals surface area contributed by atoms with Crippen LogP contribution in [-0.2, 0) is 27.9 Å². The summed E-state index contributed by atoms with van der Waals surface area (Å²) in [6, 6.07) is 0. The van der Waals surface area contributed by atoms with Crippen molar-refractivity contribution < 1.29 is 58.3 Å². The van der Waals surface area contributed by atoms with Crippen LogP contribution in [0, 0.1) is 0 Å². The maximum absolute atomic E-state index is 12.8. The molecule has 6 N–H and O–H groups in total. The lowest BCUT2D eigenvalue weighted by Crippen LogP contribution is -2.64. The number of phosphoric acid groups is 1. The van der Waals surface area contributed by atoms with Crippen molar-refractivity contribution >= 4 is 13.8 Å². The zero-order valence-corrected chi connectivity index (χ0v) is 39.1. The Morgan fingerprint density at radius 3 is 1.43 bits per heavy atom. The van der Waals surface area contributed by atoms with Gasteiger partial charge in [0.2, 0.25) is 0 Å². The van der Waals surface area contributed by atoms with Gasteiger partial charge >= 0.3 is 13.8 Å². The van der Waals surface area contributed by atoms with E-state index < -0.39 is 63.1 Å². The summed E-state index contributed by atoms with van der Waals surface area (Å²) in [6.07, 6.45) is 33.5. The van der Waals surface area contributed by atoms with E-state index in [-0.39, 0.29) is 13.0 Å². The molecule has 13 heteroatoms. The number of esters is 1. The van der Waals surface area contributed by atoms with Gasteiger partial charge in [-0.05, 0) is 70.6 Å². The molecule has 1 aliphatic carbocycles. The summed E-state index contributed by atoms with van der Waals surface area (Å²) in [5, 5.41) is 50.2. The van der Waals surface area contributed by atoms with Gasteiger partial charge < -0.3 is 39.9 Å². The summed E-state index contributed by atoms with van der Waals surface area (Å²) in [6.45, 7) is 4.22. The predicted molar refractivity (Wildman–Crippen MR) is 244 cm³/mol. The fourth-order valence-electron chi connectivity index (χ4n) is 7.32. The molecule has 6 unspecified atom stereocenters. The van der Waals surface area contributed by atoms with E-state index in [1.807, 2.05) is 0 Å². The predicted octanol–water partition coefficient (Wildman–Crippen LogP) is 10.3. The van der Waals surface area contributed by atoms with Gasteiger partial charge in [0.1, 0.15) is 42.7 Å². The van der Waals surface area contributed by atoms with Crippen molar-refractivity contribution in [1.82, 2.24) is 0 Å². The van der Waals surface area contributed by atoms with E-state index in [0.717, 1.165) is 64.2 Å². The maximum Gasteiger partial charge on any atom is 0.472 e. The molecule has 1 saturated carbocycles. The van der Waals surface area contributed by atoms with Crippen LogP contribution < -0.4 is 0 Å². The van der Waals surface area contributed by atoms with Gasteiger partial charge in [0.25, 0.3) is 0 Å². The fraction of sp³-hybridized carbons (Fsp3) is 0.854. The standard InChI is InChI=1S/C48H89O12P/c1-3-5-7-9-11-13-15-17-19-20-21-22-23-25-27-29-31-33-35-37-42(49)59-41(40-58-61(55,56)60-48-46(53)44(51)43(50)45(52)47(48)54)39-57-38-36-34-32-30-28-26-24-18-16-14-12-10-8-6-4-2/h11,13,16-19,41,43-48,50-54H,3-10,12,14-15,20-40H2,1-2H3,(H,55,56)/b13-11-,18-16-,19-17-. The Kier molecular flexibility index (Phi) is 36.8. The van der Waals surface area contributed by atoms with Crippen LogP contribution in [0.2, 0.25) is 0 Å². The molecular weight excluding hydrogens is 799 g/mol. The summed E-state index contributed by atoms with van der Waals surface area (Å²) < 4.78 is 34.2. The molecule has 0 heterocycles. The van der Waals surface area contributed by atoms with E-state index in [2.05, 4.69) is 50.3 Å². The molecule has 0 spiro atoms. The van der Waals surface area contributed by atoms with Crippen molar-refractivity contribution in [2.24, 2.45) is 0 Å². The first-order valence-electron chi connectivity index (χ1n) is 24.3. The second kappa shape index (κ2) is 39.0. The number of rotatable bonds is 41. The maximum atomic E-state index is 12.8. The van der Waals surface area contributed by atoms with Crippen LogP contribution in [-0.4, -0.2) is 98.9 Å². The summed E-state index contributed by atoms with van der Waals surface area (Å²) >= 11 is 0. The van der Waals surface area contributed by atoms with Gasteiger partial charge in [-0.1, -0.05) is 159 Å². The molecule has 61 heavy (non-hydrogen) atoms. The minimum atomic E-state index is -5.02. The monoisotopic (exact) mass is 889 g/mol. The molecule has 1 rings (SSSR count). The number of aliphatic hydroxyl groups excluding tert-OH is 5. The molecule has 0 saturated heterocycles. The lowest BCUT2D eigenvalue weighted by Gasteiger charge is -2.41. The number of phosphoric ester groups is 1. The zero-order chi connectivity index (χ0) is 44.8. The Morgan fingerprint density at radius 2 is 0.918 bits per heavy atom. The Bertz CT molecular complexity index is 1150. The molecule has 0 amide bonds. The lowest BCUT2D eigenvalue weighted by molar-refractivity contribution is -0.220. The number of unbranched alkanes of at least 4 members (excludes halogenated alkanes) is 23. The van der Waals surface area contributed by atoms with E-state index in [9.17, 15) is 39.8 Å². The minimum absolute atomic E-state index is 0.0815. The van der Waals surface area contributed by atoms with Crippen molar-refractivity contribution in [1.29, 1.82) is 0 Å². The van der Waals surface area contributed by atoms with Gasteiger partial charge in [-0.25, -0.2) is 4.57 Å². The Morgan fingerprint density at radius 1 is 0.525 bits per heavy atom. The first-order valence-corrected chi connectivity index (χ1v) is 25.8. The molecule has 0 aromatic heterocycles. The normalized spacial score (nSPS) is 22.4. The highest BCUT2D eigenvalue weighted by atomic mass is 31.2. The van der Waals surface area contributed by atoms with Gasteiger partial charge in [0.15, 0.2) is 0 Å². The molecule has 6 atom stereocenters. The first kappa shape index (κ1) is 57.6. The number of allylic oxidation sites excluding steroid dienone is 6. The molecule has 0 aromatic rings. The highest BCUT2D eigenvalue weighted by Crippen LogP contribution is 2.47. The largest absolute Gasteiger partial charge is 0.472 e. The number of hydrogen-bond donors (Lipinski definition) is 6. The van der Waals surface area contributed by atoms with Crippen LogP contribution in [0.4, 0.5) is 0 Å². The second-order valence-electron chi connectivity index (χ2n) is 17.0. The fourth-order valence-corrected chi connectivity index (χ4v) is 8.29. The van der Waals surface area contributed by atoms with Gasteiger partial charge in [-0.15, -0.1) is 0 Å². The summed E-state index contributed by atoms with van der Waals surface area (Å²) in [5.41, 5.74) is 0. The molecule has 1 fully saturated rings. The Balaban J connectivity index is 2.37. The Hall–Kier alpha value is -1.44. The van der Waals surface area contributed by atoms with Crippen LogP contribution >= 0.6 is 7.82 Å². The first-order chi connectivity index (χ1) is 29.5. The van der Waals surface area contributed by atoms with E-state index in [1.165, 1.54) is 109 Å². The number of hydrogen-bond acceptors (Lipinski definition) is 11. The van der Waals surface area contributed by atoms with Gasteiger partial charge in [-0.2, -0.15) is 0 Å². The van der Waals surface area contributed by atoms with Crippen molar-refractivity contribution in [3.8, 4) is 0 Å². The van der Waals surface area contributed by atoms with E-state index in [4.69, 9.17) is 18.5 Å². The van der Waals surface area contributed by atoms with Crippen LogP contribution in [0.3, 0.4) is 0 Å². The van der Waals surface area contributed by atoms with E-state index in [1.54, 1.807) is 0 Å². The third-order valence-corrected chi connectivity index (χ3v) is 12.2. The molecular formula is C48H89O12P. The summed E-state index contributed by atoms with van der Waals surface area (Å²) in [5.74, 6) is -0.483. The highest BCUT2D eigenvalue weighted by Gasteiger charge is 2.51. The number of ether oxygens (including phenoxy) is 2. The third kappa shape index (κ3) is 31.1. The van der Waals surface area contributed by atoms with E-state index in [0.29, 0.717) is 13.0 Å². The SMILES string of the molecule is CCCCC/C=C\C/C=C\CCCCCCCCCCCC(=O)OC(COCCCCCCCC/C=C\CCCCCCC)COP(=O)(O)OC1C(O)C(O)C(O)C(O)C1O. The van der Waals surface area contributed by atoms with Gasteiger partial charge in [-0.3, -0.25) is 13.8 Å². The number of aliphatic hydroxyl groups is 5. The second-order valence-corrected chi connectivity index (χ2v) is 18.4. The summed E-state index contributed by atoms with van der Waals surface area (Å²) in [7, 11) is -5.02. The minimum Gasteiger partial charge on any atom is -0.457 e. The van der Waals surface area contributed by atoms with Crippen molar-refractivity contribution in [2.75, 3.05) is 19.8 Å². The van der Waals surface area contributed by atoms with Gasteiger partial charge in [0.05, 0.1) is 13.2 Å². The molecule has 358 valence electrons. The molecule has 1 aliphatic rings. The van der Waals surface area contributed by atoms with Crippen LogP contribution in [0.25, 0.3) is 0 Å². The topological polar surface area (TPSA) is 192 Å². The Labute approximate surface area is 370 Å². The molecule has 0 aliphatic heterocycles. The quantitative estimate of drug-likeness (QED) is 0.0148. The number of carbonyl (C=O) groups excluding carboxylic acids is 1. The highest BCUT2D eigenvalue weighted by molar-refractivity contribution is 7.47. The van der Waals surface area contributed by atoms with Crippen molar-refractivity contribution in [2.45, 2.75) is 243 Å². The molecule has 0 bridgehead atoms. The molecule has 0 radical (unpaired) electrons. The lowest BCUT2D eigenvalue weighted by atomic mass is 9.85. The smallest absolute Gasteiger partial charge is 0.457 e. The van der Waals surface area contributed by atoms with Crippen molar-refractivity contribution in [3.05, 3.63) is 36.5 Å². The number of carbonyl (C=O) groups is 1. The van der Waals surface area contributed by atoms with Crippen LogP contribution in [0.1, 0.15) is 200 Å². The van der Waals surface area contributed by atoms with Gasteiger partial charge in [0, 0.05) is 13.0 Å². The average Bonchev–Trinajstić information content (AvgIpc) is 3.24. The molecule has 0 aromatic carbocycles. The van der Waals surface area contributed by atoms with Crippen LogP contribution in [0.5, 0.6) is 0 Å². The average molecular weight is 889 g/mol. The third-order valence-electron chi connectivity index (χ3n) is 11.2. The summed E-state index contributed by atoms with van der Waals surface area (Å²) in [4.78, 5) is 23.2. The van der Waals surface area contributed by atoms with Crippen molar-refractivity contribution in [3.63, 3.8) is 0 Å².